The molecule has 1 heterocycles. The van der Waals surface area contributed by atoms with Crippen molar-refractivity contribution >= 4 is 5.97 Å². The minimum Gasteiger partial charge on any atom is -0.461 e. The van der Waals surface area contributed by atoms with Gasteiger partial charge in [-0.15, -0.1) is 0 Å². The lowest BCUT2D eigenvalue weighted by molar-refractivity contribution is -0.142. The van der Waals surface area contributed by atoms with E-state index in [0.29, 0.717) is 18.9 Å². The maximum Gasteiger partial charge on any atom is 0.306 e. The SMILES string of the molecule is C/C1=C/CC(C)CCC(=O)OC1. The fourth-order valence-electron chi connectivity index (χ4n) is 1.21. The molecule has 1 aliphatic heterocycles. The second kappa shape index (κ2) is 4.29. The van der Waals surface area contributed by atoms with Crippen LogP contribution in [0.15, 0.2) is 11.6 Å². The monoisotopic (exact) mass is 168 g/mol. The Kier molecular flexibility index (Phi) is 3.32. The van der Waals surface area contributed by atoms with E-state index in [9.17, 15) is 4.79 Å². The van der Waals surface area contributed by atoms with Crippen molar-refractivity contribution in [1.29, 1.82) is 0 Å². The molecule has 1 rings (SSSR count). The standard InChI is InChI=1S/C10H16O2/c1-8-3-4-9(2)7-12-10(11)6-5-8/h4,8H,3,5-7H2,1-2H3/b9-4-. The molecule has 68 valence electrons. The lowest BCUT2D eigenvalue weighted by atomic mass is 10.0. The molecule has 0 aromatic carbocycles. The number of carbonyl (C=O) groups is 1. The van der Waals surface area contributed by atoms with Gasteiger partial charge in [-0.2, -0.15) is 0 Å². The number of hydrogen-bond donors (Lipinski definition) is 0. The van der Waals surface area contributed by atoms with Crippen LogP contribution in [0.2, 0.25) is 0 Å². The van der Waals surface area contributed by atoms with Crippen molar-refractivity contribution in [2.24, 2.45) is 5.92 Å². The van der Waals surface area contributed by atoms with Crippen LogP contribution >= 0.6 is 0 Å². The predicted octanol–water partition coefficient (Wildman–Crippen LogP) is 2.30. The fourth-order valence-corrected chi connectivity index (χ4v) is 1.21. The Morgan fingerprint density at radius 3 is 3.08 bits per heavy atom. The van der Waals surface area contributed by atoms with Crippen LogP contribution in [0, 0.1) is 5.92 Å². The van der Waals surface area contributed by atoms with E-state index in [1.54, 1.807) is 0 Å². The quantitative estimate of drug-likeness (QED) is 0.410. The third-order valence-corrected chi connectivity index (χ3v) is 2.17. The van der Waals surface area contributed by atoms with Crippen LogP contribution in [0.3, 0.4) is 0 Å². The minimum atomic E-state index is -0.0588. The molecule has 0 N–H and O–H groups in total. The first-order valence-electron chi connectivity index (χ1n) is 4.49. The topological polar surface area (TPSA) is 26.3 Å². The molecule has 0 bridgehead atoms. The van der Waals surface area contributed by atoms with E-state index in [1.807, 2.05) is 6.92 Å². The fraction of sp³-hybridized carbons (Fsp3) is 0.700. The lowest BCUT2D eigenvalue weighted by Crippen LogP contribution is -2.06. The highest BCUT2D eigenvalue weighted by molar-refractivity contribution is 5.69. The Bertz CT molecular complexity index is 194. The number of ether oxygens (including phenoxy) is 1. The summed E-state index contributed by atoms with van der Waals surface area (Å²) in [7, 11) is 0. The summed E-state index contributed by atoms with van der Waals surface area (Å²) >= 11 is 0. The van der Waals surface area contributed by atoms with Crippen LogP contribution in [-0.4, -0.2) is 12.6 Å². The van der Waals surface area contributed by atoms with E-state index < -0.39 is 0 Å². The highest BCUT2D eigenvalue weighted by atomic mass is 16.5. The molecule has 2 nitrogen and oxygen atoms in total. The maximum absolute atomic E-state index is 11.0. The van der Waals surface area contributed by atoms with Crippen LogP contribution in [-0.2, 0) is 9.53 Å². The molecule has 12 heavy (non-hydrogen) atoms. The molecule has 1 aliphatic rings. The molecule has 0 aromatic rings. The summed E-state index contributed by atoms with van der Waals surface area (Å²) < 4.78 is 5.02. The molecular weight excluding hydrogens is 152 g/mol. The number of rotatable bonds is 0. The molecule has 0 spiro atoms. The molecule has 0 saturated carbocycles. The average Bonchev–Trinajstić information content (AvgIpc) is 2.11. The molecule has 0 radical (unpaired) electrons. The van der Waals surface area contributed by atoms with Gasteiger partial charge < -0.3 is 4.74 Å². The van der Waals surface area contributed by atoms with Gasteiger partial charge in [0.25, 0.3) is 0 Å². The predicted molar refractivity (Wildman–Crippen MR) is 47.7 cm³/mol. The smallest absolute Gasteiger partial charge is 0.306 e. The number of esters is 1. The zero-order chi connectivity index (χ0) is 8.97. The van der Waals surface area contributed by atoms with Crippen molar-refractivity contribution in [1.82, 2.24) is 0 Å². The lowest BCUT2D eigenvalue weighted by Gasteiger charge is -2.04. The van der Waals surface area contributed by atoms with Crippen LogP contribution in [0.4, 0.5) is 0 Å². The highest BCUT2D eigenvalue weighted by Gasteiger charge is 2.09. The molecule has 1 unspecified atom stereocenters. The van der Waals surface area contributed by atoms with E-state index in [0.717, 1.165) is 18.4 Å². The number of allylic oxidation sites excluding steroid dienone is 1. The molecular formula is C10H16O2. The van der Waals surface area contributed by atoms with Gasteiger partial charge in [0.05, 0.1) is 0 Å². The van der Waals surface area contributed by atoms with Crippen molar-refractivity contribution in [3.8, 4) is 0 Å². The summed E-state index contributed by atoms with van der Waals surface area (Å²) in [5.41, 5.74) is 1.16. The van der Waals surface area contributed by atoms with Gasteiger partial charge >= 0.3 is 5.97 Å². The molecule has 0 aliphatic carbocycles. The van der Waals surface area contributed by atoms with E-state index in [-0.39, 0.29) is 5.97 Å². The third-order valence-electron chi connectivity index (χ3n) is 2.17. The van der Waals surface area contributed by atoms with Crippen LogP contribution < -0.4 is 0 Å². The Hall–Kier alpha value is -0.790. The van der Waals surface area contributed by atoms with Gasteiger partial charge in [0, 0.05) is 6.42 Å². The van der Waals surface area contributed by atoms with Crippen molar-refractivity contribution < 1.29 is 9.53 Å². The first-order valence-corrected chi connectivity index (χ1v) is 4.49. The summed E-state index contributed by atoms with van der Waals surface area (Å²) in [5.74, 6) is 0.544. The van der Waals surface area contributed by atoms with Crippen molar-refractivity contribution in [3.63, 3.8) is 0 Å². The summed E-state index contributed by atoms with van der Waals surface area (Å²) in [6.45, 7) is 4.65. The van der Waals surface area contributed by atoms with Crippen molar-refractivity contribution in [2.75, 3.05) is 6.61 Å². The normalized spacial score (nSPS) is 30.7. The maximum atomic E-state index is 11.0. The van der Waals surface area contributed by atoms with Gasteiger partial charge in [-0.25, -0.2) is 0 Å². The Labute approximate surface area is 73.6 Å². The molecule has 0 amide bonds. The molecule has 0 aromatic heterocycles. The first kappa shape index (κ1) is 9.30. The van der Waals surface area contributed by atoms with Crippen LogP contribution in [0.25, 0.3) is 0 Å². The Morgan fingerprint density at radius 2 is 2.33 bits per heavy atom. The number of carbonyl (C=O) groups excluding carboxylic acids is 1. The molecule has 0 saturated heterocycles. The van der Waals surface area contributed by atoms with Gasteiger partial charge in [-0.3, -0.25) is 4.79 Å². The molecule has 2 heteroatoms. The van der Waals surface area contributed by atoms with Crippen molar-refractivity contribution in [3.05, 3.63) is 11.6 Å². The first-order chi connectivity index (χ1) is 5.68. The minimum absolute atomic E-state index is 0.0588. The van der Waals surface area contributed by atoms with E-state index >= 15 is 0 Å². The summed E-state index contributed by atoms with van der Waals surface area (Å²) in [6, 6.07) is 0. The number of hydrogen-bond acceptors (Lipinski definition) is 2. The Balaban J connectivity index is 2.54. The molecule has 1 atom stereocenters. The third kappa shape index (κ3) is 3.07. The van der Waals surface area contributed by atoms with Crippen LogP contribution in [0.1, 0.15) is 33.1 Å². The largest absolute Gasteiger partial charge is 0.461 e. The highest BCUT2D eigenvalue weighted by Crippen LogP contribution is 2.15. The Morgan fingerprint density at radius 1 is 1.58 bits per heavy atom. The van der Waals surface area contributed by atoms with Gasteiger partial charge in [-0.05, 0) is 31.3 Å². The van der Waals surface area contributed by atoms with E-state index in [2.05, 4.69) is 13.0 Å². The summed E-state index contributed by atoms with van der Waals surface area (Å²) in [5, 5.41) is 0. The zero-order valence-corrected chi connectivity index (χ0v) is 7.80. The van der Waals surface area contributed by atoms with Crippen molar-refractivity contribution in [2.45, 2.75) is 33.1 Å². The second-order valence-corrected chi connectivity index (χ2v) is 3.59. The van der Waals surface area contributed by atoms with Gasteiger partial charge in [0.15, 0.2) is 0 Å². The summed E-state index contributed by atoms with van der Waals surface area (Å²) in [4.78, 5) is 11.0. The van der Waals surface area contributed by atoms with Gasteiger partial charge in [0.2, 0.25) is 0 Å². The number of cyclic esters (lactones) is 1. The molecule has 0 fully saturated rings. The average molecular weight is 168 g/mol. The van der Waals surface area contributed by atoms with Crippen LogP contribution in [0.5, 0.6) is 0 Å². The zero-order valence-electron chi connectivity index (χ0n) is 7.80. The summed E-state index contributed by atoms with van der Waals surface area (Å²) in [6.07, 6.45) is 4.76. The van der Waals surface area contributed by atoms with E-state index in [4.69, 9.17) is 4.74 Å². The van der Waals surface area contributed by atoms with E-state index in [1.165, 1.54) is 0 Å². The van der Waals surface area contributed by atoms with Gasteiger partial charge in [0.1, 0.15) is 6.61 Å². The van der Waals surface area contributed by atoms with Gasteiger partial charge in [-0.1, -0.05) is 13.0 Å². The second-order valence-electron chi connectivity index (χ2n) is 3.59.